The highest BCUT2D eigenvalue weighted by atomic mass is 32.2. The fourth-order valence-electron chi connectivity index (χ4n) is 0.978. The summed E-state index contributed by atoms with van der Waals surface area (Å²) in [5.41, 5.74) is 4.84. The number of rotatable bonds is 5. The van der Waals surface area contributed by atoms with Crippen molar-refractivity contribution in [2.75, 3.05) is 6.54 Å². The maximum absolute atomic E-state index is 11.7. The molecule has 0 saturated carbocycles. The van der Waals surface area contributed by atoms with Gasteiger partial charge in [0.05, 0.1) is 0 Å². The Morgan fingerprint density at radius 3 is 2.72 bits per heavy atom. The smallest absolute Gasteiger partial charge is 0.247 e. The van der Waals surface area contributed by atoms with Crippen LogP contribution in [0.2, 0.25) is 0 Å². The highest BCUT2D eigenvalue weighted by Gasteiger charge is 2.18. The third-order valence-corrected chi connectivity index (χ3v) is 3.37. The lowest BCUT2D eigenvalue weighted by Gasteiger charge is -2.08. The molecule has 0 radical (unpaired) electrons. The lowest BCUT2D eigenvalue weighted by Crippen LogP contribution is -2.39. The van der Waals surface area contributed by atoms with E-state index in [0.29, 0.717) is 0 Å². The van der Waals surface area contributed by atoms with E-state index >= 15 is 0 Å². The third-order valence-electron chi connectivity index (χ3n) is 1.96. The standard InChI is InChI=1S/C9H10N4O4S/c10-3-6-1-2-7(4-12-6)18(16,17)13-5-8(14)9(11)15/h1-2,4,8,13-14H,5H2,(H2,11,15). The summed E-state index contributed by atoms with van der Waals surface area (Å²) in [5, 5.41) is 17.6. The van der Waals surface area contributed by atoms with Gasteiger partial charge in [-0.3, -0.25) is 4.79 Å². The van der Waals surface area contributed by atoms with Crippen LogP contribution in [0, 0.1) is 11.3 Å². The average Bonchev–Trinajstić information content (AvgIpc) is 2.36. The number of hydrogen-bond acceptors (Lipinski definition) is 6. The highest BCUT2D eigenvalue weighted by Crippen LogP contribution is 2.07. The minimum absolute atomic E-state index is 0.0751. The molecule has 1 atom stereocenters. The molecule has 1 amide bonds. The van der Waals surface area contributed by atoms with Gasteiger partial charge in [-0.1, -0.05) is 0 Å². The zero-order chi connectivity index (χ0) is 13.8. The normalized spacial score (nSPS) is 12.7. The van der Waals surface area contributed by atoms with Crippen LogP contribution in [0.1, 0.15) is 5.69 Å². The number of aliphatic hydroxyl groups is 1. The van der Waals surface area contributed by atoms with Crippen molar-refractivity contribution in [3.8, 4) is 6.07 Å². The summed E-state index contributed by atoms with van der Waals surface area (Å²) in [5.74, 6) is -1.03. The van der Waals surface area contributed by atoms with Crippen LogP contribution >= 0.6 is 0 Å². The van der Waals surface area contributed by atoms with Gasteiger partial charge in [-0.2, -0.15) is 5.26 Å². The van der Waals surface area contributed by atoms with Crippen molar-refractivity contribution < 1.29 is 18.3 Å². The molecule has 18 heavy (non-hydrogen) atoms. The fourth-order valence-corrected chi connectivity index (χ4v) is 1.96. The lowest BCUT2D eigenvalue weighted by molar-refractivity contribution is -0.125. The number of pyridine rings is 1. The Kier molecular flexibility index (Phi) is 4.33. The van der Waals surface area contributed by atoms with Gasteiger partial charge in [0.1, 0.15) is 22.8 Å². The van der Waals surface area contributed by atoms with E-state index < -0.39 is 28.6 Å². The zero-order valence-corrected chi connectivity index (χ0v) is 9.88. The van der Waals surface area contributed by atoms with Gasteiger partial charge in [-0.15, -0.1) is 0 Å². The second kappa shape index (κ2) is 5.54. The van der Waals surface area contributed by atoms with Crippen LogP contribution in [-0.4, -0.2) is 37.1 Å². The zero-order valence-electron chi connectivity index (χ0n) is 9.07. The van der Waals surface area contributed by atoms with Crippen molar-refractivity contribution in [3.05, 3.63) is 24.0 Å². The van der Waals surface area contributed by atoms with Crippen LogP contribution in [0.3, 0.4) is 0 Å². The van der Waals surface area contributed by atoms with Crippen molar-refractivity contribution in [2.45, 2.75) is 11.0 Å². The maximum atomic E-state index is 11.7. The Balaban J connectivity index is 2.80. The van der Waals surface area contributed by atoms with Gasteiger partial charge in [-0.25, -0.2) is 18.1 Å². The molecule has 0 aliphatic rings. The number of nitriles is 1. The Hall–Kier alpha value is -2.02. The monoisotopic (exact) mass is 270 g/mol. The summed E-state index contributed by atoms with van der Waals surface area (Å²) in [4.78, 5) is 13.9. The quantitative estimate of drug-likeness (QED) is 0.568. The van der Waals surface area contributed by atoms with E-state index in [1.54, 1.807) is 6.07 Å². The van der Waals surface area contributed by atoms with Gasteiger partial charge < -0.3 is 10.8 Å². The lowest BCUT2D eigenvalue weighted by atomic mass is 10.3. The number of amides is 1. The summed E-state index contributed by atoms with van der Waals surface area (Å²) in [6.45, 7) is -0.530. The number of primary amides is 1. The fraction of sp³-hybridized carbons (Fsp3) is 0.222. The SMILES string of the molecule is N#Cc1ccc(S(=O)(=O)NCC(O)C(N)=O)cn1. The summed E-state index contributed by atoms with van der Waals surface area (Å²) in [6.07, 6.45) is -0.608. The summed E-state index contributed by atoms with van der Waals surface area (Å²) in [6, 6.07) is 4.16. The number of sulfonamides is 1. The molecule has 96 valence electrons. The van der Waals surface area contributed by atoms with Crippen molar-refractivity contribution in [1.29, 1.82) is 5.26 Å². The van der Waals surface area contributed by atoms with E-state index in [0.717, 1.165) is 6.20 Å². The number of carbonyl (C=O) groups is 1. The van der Waals surface area contributed by atoms with Crippen LogP contribution in [0.15, 0.2) is 23.2 Å². The first-order chi connectivity index (χ1) is 8.36. The Labute approximate surface area is 103 Å². The summed E-state index contributed by atoms with van der Waals surface area (Å²) < 4.78 is 25.3. The molecule has 8 nitrogen and oxygen atoms in total. The number of aromatic nitrogens is 1. The van der Waals surface area contributed by atoms with Crippen LogP contribution in [0.4, 0.5) is 0 Å². The molecule has 0 aliphatic carbocycles. The minimum atomic E-state index is -3.90. The first-order valence-electron chi connectivity index (χ1n) is 4.70. The molecule has 1 aromatic rings. The number of nitrogens with two attached hydrogens (primary N) is 1. The number of hydrogen-bond donors (Lipinski definition) is 3. The van der Waals surface area contributed by atoms with Crippen LogP contribution in [-0.2, 0) is 14.8 Å². The molecule has 4 N–H and O–H groups in total. The van der Waals surface area contributed by atoms with Crippen LogP contribution < -0.4 is 10.5 Å². The molecule has 0 aromatic carbocycles. The molecule has 0 spiro atoms. The van der Waals surface area contributed by atoms with Gasteiger partial charge in [-0.05, 0) is 12.1 Å². The molecule has 1 heterocycles. The summed E-state index contributed by atoms with van der Waals surface area (Å²) in [7, 11) is -3.90. The molecule has 0 bridgehead atoms. The van der Waals surface area contributed by atoms with Gasteiger partial charge in [0, 0.05) is 12.7 Å². The molecule has 1 unspecified atom stereocenters. The average molecular weight is 270 g/mol. The van der Waals surface area contributed by atoms with E-state index in [4.69, 9.17) is 16.1 Å². The number of carbonyl (C=O) groups excluding carboxylic acids is 1. The van der Waals surface area contributed by atoms with Gasteiger partial charge in [0.2, 0.25) is 15.9 Å². The first-order valence-corrected chi connectivity index (χ1v) is 6.18. The molecule has 0 fully saturated rings. The van der Waals surface area contributed by atoms with E-state index in [-0.39, 0.29) is 10.6 Å². The molecule has 0 aliphatic heterocycles. The third kappa shape index (κ3) is 3.49. The molecule has 0 saturated heterocycles. The second-order valence-corrected chi connectivity index (χ2v) is 5.03. The molecule has 9 heteroatoms. The van der Waals surface area contributed by atoms with E-state index in [2.05, 4.69) is 4.98 Å². The van der Waals surface area contributed by atoms with Crippen molar-refractivity contribution in [1.82, 2.24) is 9.71 Å². The van der Waals surface area contributed by atoms with Crippen molar-refractivity contribution in [2.24, 2.45) is 5.73 Å². The van der Waals surface area contributed by atoms with E-state index in [9.17, 15) is 13.2 Å². The predicted octanol–water partition coefficient (Wildman–Crippen LogP) is -1.92. The van der Waals surface area contributed by atoms with Crippen LogP contribution in [0.25, 0.3) is 0 Å². The highest BCUT2D eigenvalue weighted by molar-refractivity contribution is 7.89. The Bertz CT molecular complexity index is 576. The number of nitrogens with one attached hydrogen (secondary N) is 1. The van der Waals surface area contributed by atoms with E-state index in [1.807, 2.05) is 4.72 Å². The molecule has 1 aromatic heterocycles. The maximum Gasteiger partial charge on any atom is 0.247 e. The first kappa shape index (κ1) is 14.0. The van der Waals surface area contributed by atoms with Crippen molar-refractivity contribution in [3.63, 3.8) is 0 Å². The number of nitrogens with zero attached hydrogens (tertiary/aromatic N) is 2. The number of aliphatic hydroxyl groups excluding tert-OH is 1. The second-order valence-electron chi connectivity index (χ2n) is 3.26. The molecule has 1 rings (SSSR count). The predicted molar refractivity (Wildman–Crippen MR) is 59.3 cm³/mol. The Morgan fingerprint density at radius 2 is 2.28 bits per heavy atom. The van der Waals surface area contributed by atoms with Gasteiger partial charge in [0.15, 0.2) is 0 Å². The minimum Gasteiger partial charge on any atom is -0.382 e. The van der Waals surface area contributed by atoms with Gasteiger partial charge >= 0.3 is 0 Å². The molecular weight excluding hydrogens is 260 g/mol. The van der Waals surface area contributed by atoms with E-state index in [1.165, 1.54) is 12.1 Å². The van der Waals surface area contributed by atoms with Crippen molar-refractivity contribution >= 4 is 15.9 Å². The summed E-state index contributed by atoms with van der Waals surface area (Å²) >= 11 is 0. The van der Waals surface area contributed by atoms with Crippen LogP contribution in [0.5, 0.6) is 0 Å². The largest absolute Gasteiger partial charge is 0.382 e. The topological polar surface area (TPSA) is 146 Å². The molecular formula is C9H10N4O4S. The Morgan fingerprint density at radius 1 is 1.61 bits per heavy atom. The van der Waals surface area contributed by atoms with Gasteiger partial charge in [0.25, 0.3) is 0 Å².